The van der Waals surface area contributed by atoms with Gasteiger partial charge in [-0.1, -0.05) is 43.7 Å². The Bertz CT molecular complexity index is 461. The number of nitriles is 1. The van der Waals surface area contributed by atoms with Crippen molar-refractivity contribution in [3.63, 3.8) is 0 Å². The van der Waals surface area contributed by atoms with Crippen molar-refractivity contribution in [2.75, 3.05) is 26.7 Å². The van der Waals surface area contributed by atoms with Crippen molar-refractivity contribution in [1.29, 1.82) is 5.26 Å². The molecule has 1 aliphatic rings. The molecule has 3 nitrogen and oxygen atoms in total. The SMILES string of the molecule is CCNC(C#N)(CCN(C)CC1CCC1)c1ccccc1. The lowest BCUT2D eigenvalue weighted by Crippen LogP contribution is -2.44. The Balaban J connectivity index is 2.00. The molecule has 1 unspecified atom stereocenters. The van der Waals surface area contributed by atoms with E-state index in [0.717, 1.165) is 31.0 Å². The van der Waals surface area contributed by atoms with Gasteiger partial charge >= 0.3 is 0 Å². The van der Waals surface area contributed by atoms with E-state index in [2.05, 4.69) is 42.4 Å². The predicted octanol–water partition coefficient (Wildman–Crippen LogP) is 3.14. The van der Waals surface area contributed by atoms with Gasteiger partial charge in [-0.3, -0.25) is 5.32 Å². The smallest absolute Gasteiger partial charge is 0.133 e. The van der Waals surface area contributed by atoms with Gasteiger partial charge in [-0.05, 0) is 44.3 Å². The molecule has 1 fully saturated rings. The van der Waals surface area contributed by atoms with Gasteiger partial charge in [-0.15, -0.1) is 0 Å². The molecule has 1 aliphatic carbocycles. The number of nitrogens with one attached hydrogen (secondary N) is 1. The summed E-state index contributed by atoms with van der Waals surface area (Å²) in [5.41, 5.74) is 0.510. The molecule has 0 bridgehead atoms. The first kappa shape index (κ1) is 16.0. The lowest BCUT2D eigenvalue weighted by molar-refractivity contribution is 0.192. The maximum Gasteiger partial charge on any atom is 0.133 e. The Hall–Kier alpha value is -1.37. The molecule has 1 aromatic rings. The third kappa shape index (κ3) is 4.06. The fourth-order valence-corrected chi connectivity index (χ4v) is 3.09. The summed E-state index contributed by atoms with van der Waals surface area (Å²) >= 11 is 0. The lowest BCUT2D eigenvalue weighted by Gasteiger charge is -2.33. The Kier molecular flexibility index (Phi) is 5.78. The quantitative estimate of drug-likeness (QED) is 0.797. The fraction of sp³-hybridized carbons (Fsp3) is 0.611. The second-order valence-corrected chi connectivity index (χ2v) is 6.22. The zero-order valence-corrected chi connectivity index (χ0v) is 13.3. The van der Waals surface area contributed by atoms with Crippen LogP contribution in [0.2, 0.25) is 0 Å². The van der Waals surface area contributed by atoms with E-state index in [0.29, 0.717) is 0 Å². The summed E-state index contributed by atoms with van der Waals surface area (Å²) in [7, 11) is 2.18. The highest BCUT2D eigenvalue weighted by atomic mass is 15.1. The summed E-state index contributed by atoms with van der Waals surface area (Å²) < 4.78 is 0. The van der Waals surface area contributed by atoms with Crippen molar-refractivity contribution in [2.45, 2.75) is 38.1 Å². The second kappa shape index (κ2) is 7.59. The molecule has 114 valence electrons. The van der Waals surface area contributed by atoms with E-state index in [-0.39, 0.29) is 0 Å². The Morgan fingerprint density at radius 3 is 2.57 bits per heavy atom. The van der Waals surface area contributed by atoms with Crippen LogP contribution < -0.4 is 5.32 Å². The first-order chi connectivity index (χ1) is 10.2. The third-order valence-corrected chi connectivity index (χ3v) is 4.60. The van der Waals surface area contributed by atoms with Gasteiger partial charge in [0.2, 0.25) is 0 Å². The zero-order chi connectivity index (χ0) is 15.1. The van der Waals surface area contributed by atoms with Crippen LogP contribution in [-0.4, -0.2) is 31.6 Å². The van der Waals surface area contributed by atoms with Crippen LogP contribution in [0.4, 0.5) is 0 Å². The van der Waals surface area contributed by atoms with Gasteiger partial charge in [0.15, 0.2) is 0 Å². The number of hydrogen-bond donors (Lipinski definition) is 1. The molecule has 1 N–H and O–H groups in total. The maximum absolute atomic E-state index is 9.78. The molecule has 0 spiro atoms. The Labute approximate surface area is 129 Å². The van der Waals surface area contributed by atoms with Crippen molar-refractivity contribution in [1.82, 2.24) is 10.2 Å². The number of rotatable bonds is 8. The van der Waals surface area contributed by atoms with Gasteiger partial charge < -0.3 is 4.90 Å². The molecule has 21 heavy (non-hydrogen) atoms. The monoisotopic (exact) mass is 285 g/mol. The summed E-state index contributed by atoms with van der Waals surface area (Å²) in [6.07, 6.45) is 4.96. The van der Waals surface area contributed by atoms with Gasteiger partial charge in [-0.2, -0.15) is 5.26 Å². The summed E-state index contributed by atoms with van der Waals surface area (Å²) in [6, 6.07) is 12.7. The minimum atomic E-state index is -0.566. The van der Waals surface area contributed by atoms with Gasteiger partial charge in [0.25, 0.3) is 0 Å². The molecule has 1 atom stereocenters. The minimum Gasteiger partial charge on any atom is -0.306 e. The van der Waals surface area contributed by atoms with Gasteiger partial charge in [0.05, 0.1) is 6.07 Å². The highest BCUT2D eigenvalue weighted by Gasteiger charge is 2.31. The molecule has 0 radical (unpaired) electrons. The Morgan fingerprint density at radius 2 is 2.05 bits per heavy atom. The summed E-state index contributed by atoms with van der Waals surface area (Å²) in [5, 5.41) is 13.2. The number of benzene rings is 1. The molecule has 0 amide bonds. The van der Waals surface area contributed by atoms with Crippen molar-refractivity contribution >= 4 is 0 Å². The number of nitrogens with zero attached hydrogens (tertiary/aromatic N) is 2. The van der Waals surface area contributed by atoms with Crippen LogP contribution in [0, 0.1) is 17.2 Å². The fourth-order valence-electron chi connectivity index (χ4n) is 3.09. The van der Waals surface area contributed by atoms with E-state index >= 15 is 0 Å². The molecule has 3 heteroatoms. The molecular weight excluding hydrogens is 258 g/mol. The highest BCUT2D eigenvalue weighted by molar-refractivity contribution is 5.31. The van der Waals surface area contributed by atoms with E-state index in [1.54, 1.807) is 0 Å². The molecule has 0 aromatic heterocycles. The zero-order valence-electron chi connectivity index (χ0n) is 13.3. The molecule has 1 aromatic carbocycles. The van der Waals surface area contributed by atoms with E-state index < -0.39 is 5.54 Å². The van der Waals surface area contributed by atoms with Crippen molar-refractivity contribution < 1.29 is 0 Å². The molecular formula is C18H27N3. The average molecular weight is 285 g/mol. The third-order valence-electron chi connectivity index (χ3n) is 4.60. The predicted molar refractivity (Wildman–Crippen MR) is 86.9 cm³/mol. The van der Waals surface area contributed by atoms with E-state index in [1.165, 1.54) is 25.8 Å². The summed E-state index contributed by atoms with van der Waals surface area (Å²) in [4.78, 5) is 2.39. The van der Waals surface area contributed by atoms with Crippen LogP contribution in [-0.2, 0) is 5.54 Å². The van der Waals surface area contributed by atoms with Crippen LogP contribution >= 0.6 is 0 Å². The topological polar surface area (TPSA) is 39.1 Å². The average Bonchev–Trinajstić information content (AvgIpc) is 2.48. The molecule has 2 rings (SSSR count). The maximum atomic E-state index is 9.78. The van der Waals surface area contributed by atoms with Crippen LogP contribution in [0.25, 0.3) is 0 Å². The minimum absolute atomic E-state index is 0.566. The molecule has 0 saturated heterocycles. The van der Waals surface area contributed by atoms with Crippen LogP contribution in [0.3, 0.4) is 0 Å². The van der Waals surface area contributed by atoms with Crippen molar-refractivity contribution in [3.8, 4) is 6.07 Å². The van der Waals surface area contributed by atoms with Crippen LogP contribution in [0.15, 0.2) is 30.3 Å². The van der Waals surface area contributed by atoms with Crippen LogP contribution in [0.1, 0.15) is 38.2 Å². The van der Waals surface area contributed by atoms with Gasteiger partial charge in [0, 0.05) is 13.1 Å². The largest absolute Gasteiger partial charge is 0.306 e. The highest BCUT2D eigenvalue weighted by Crippen LogP contribution is 2.28. The Morgan fingerprint density at radius 1 is 1.33 bits per heavy atom. The standard InChI is InChI=1S/C18H27N3/c1-3-20-18(15-19,17-10-5-4-6-11-17)12-13-21(2)14-16-8-7-9-16/h4-6,10-11,16,20H,3,7-9,12-14H2,1-2H3. The second-order valence-electron chi connectivity index (χ2n) is 6.22. The molecule has 0 aliphatic heterocycles. The first-order valence-corrected chi connectivity index (χ1v) is 8.10. The number of hydrogen-bond acceptors (Lipinski definition) is 3. The van der Waals surface area contributed by atoms with Gasteiger partial charge in [0.1, 0.15) is 5.54 Å². The molecule has 0 heterocycles. The van der Waals surface area contributed by atoms with Gasteiger partial charge in [-0.25, -0.2) is 0 Å². The van der Waals surface area contributed by atoms with E-state index in [4.69, 9.17) is 0 Å². The summed E-state index contributed by atoms with van der Waals surface area (Å²) in [6.45, 7) is 4.98. The lowest BCUT2D eigenvalue weighted by atomic mass is 9.84. The van der Waals surface area contributed by atoms with Crippen molar-refractivity contribution in [3.05, 3.63) is 35.9 Å². The van der Waals surface area contributed by atoms with E-state index in [9.17, 15) is 5.26 Å². The molecule has 1 saturated carbocycles. The van der Waals surface area contributed by atoms with E-state index in [1.807, 2.05) is 18.2 Å². The first-order valence-electron chi connectivity index (χ1n) is 8.10. The normalized spacial score (nSPS) is 18.0. The summed E-state index contributed by atoms with van der Waals surface area (Å²) in [5.74, 6) is 0.877. The van der Waals surface area contributed by atoms with Crippen molar-refractivity contribution in [2.24, 2.45) is 5.92 Å². The van der Waals surface area contributed by atoms with Crippen LogP contribution in [0.5, 0.6) is 0 Å².